The van der Waals surface area contributed by atoms with E-state index in [0.29, 0.717) is 67.1 Å². The van der Waals surface area contributed by atoms with Crippen molar-refractivity contribution in [3.05, 3.63) is 76.9 Å². The van der Waals surface area contributed by atoms with Crippen molar-refractivity contribution in [2.45, 2.75) is 69.8 Å². The quantitative estimate of drug-likeness (QED) is 0.215. The third kappa shape index (κ3) is 9.17. The molecule has 0 bridgehead atoms. The van der Waals surface area contributed by atoms with Crippen molar-refractivity contribution in [3.8, 4) is 0 Å². The van der Waals surface area contributed by atoms with E-state index < -0.39 is 29.4 Å². The van der Waals surface area contributed by atoms with Gasteiger partial charge in [-0.25, -0.2) is 14.8 Å². The van der Waals surface area contributed by atoms with Crippen molar-refractivity contribution < 1.29 is 32.3 Å². The average Bonchev–Trinajstić information content (AvgIpc) is 3.60. The number of likely N-dealkylation sites (tertiary alicyclic amines) is 1. The van der Waals surface area contributed by atoms with Crippen molar-refractivity contribution in [2.24, 2.45) is 11.8 Å². The summed E-state index contributed by atoms with van der Waals surface area (Å²) in [5.41, 5.74) is 1.31. The highest BCUT2D eigenvalue weighted by atomic mass is 19.4. The van der Waals surface area contributed by atoms with Crippen molar-refractivity contribution in [3.63, 3.8) is 0 Å². The van der Waals surface area contributed by atoms with Gasteiger partial charge in [-0.2, -0.15) is 13.2 Å². The Morgan fingerprint density at radius 1 is 0.857 bits per heavy atom. The lowest BCUT2D eigenvalue weighted by atomic mass is 9.92. The van der Waals surface area contributed by atoms with Crippen molar-refractivity contribution in [1.29, 1.82) is 0 Å². The fourth-order valence-corrected chi connectivity index (χ4v) is 10.0. The van der Waals surface area contributed by atoms with Gasteiger partial charge >= 0.3 is 6.18 Å². The Labute approximate surface area is 364 Å². The summed E-state index contributed by atoms with van der Waals surface area (Å²) in [5.74, 6) is 0.689. The van der Waals surface area contributed by atoms with Gasteiger partial charge in [0.05, 0.1) is 41.8 Å². The van der Waals surface area contributed by atoms with E-state index >= 15 is 0 Å². The lowest BCUT2D eigenvalue weighted by Gasteiger charge is -2.48. The highest BCUT2D eigenvalue weighted by Gasteiger charge is 2.41. The molecule has 5 fully saturated rings. The smallest absolute Gasteiger partial charge is 0.372 e. The molecule has 2 aromatic heterocycles. The van der Waals surface area contributed by atoms with Gasteiger partial charge in [-0.3, -0.25) is 29.4 Å². The zero-order chi connectivity index (χ0) is 43.8. The van der Waals surface area contributed by atoms with Crippen LogP contribution in [0.2, 0.25) is 0 Å². The van der Waals surface area contributed by atoms with Gasteiger partial charge in [-0.05, 0) is 87.4 Å². The number of aromatic nitrogens is 2. The maximum absolute atomic E-state index is 13.5. The highest BCUT2D eigenvalue weighted by molar-refractivity contribution is 6.05. The molecule has 0 spiro atoms. The maximum Gasteiger partial charge on any atom is 0.407 e. The lowest BCUT2D eigenvalue weighted by Crippen LogP contribution is -2.63. The number of halogens is 3. The van der Waals surface area contributed by atoms with Gasteiger partial charge in [0.1, 0.15) is 17.7 Å². The minimum atomic E-state index is -4.61. The van der Waals surface area contributed by atoms with Gasteiger partial charge in [0.2, 0.25) is 17.7 Å². The zero-order valence-corrected chi connectivity index (χ0v) is 35.2. The summed E-state index contributed by atoms with van der Waals surface area (Å²) in [7, 11) is 0. The molecule has 1 atom stereocenters. The minimum absolute atomic E-state index is 0.140. The Hall–Kier alpha value is -5.80. The number of carbonyl (C=O) groups excluding carboxylic acids is 4. The summed E-state index contributed by atoms with van der Waals surface area (Å²) in [6.45, 7) is 17.1. The number of hydrogen-bond acceptors (Lipinski definition) is 11. The standard InChI is InChI=1S/C45H52F3N11O4/c1-49-36-5-2-31(24-35(36)45(46,47)48)55-18-13-30(14-19-55)42(61)52-39-7-3-32(25-50-39)56-16-11-29(12-17-56)10-15-54-26-33(27-54)57-20-22-58(23-21-57)40-8-4-34-37(51-40)28-59(44(34)63)38-6-9-41(60)53-43(38)62/h2-5,7-8,24-25,29-30,33,38H,6,9-23,26-28H2,(H,50,52,61)(H,53,60,62). The van der Waals surface area contributed by atoms with Crippen molar-refractivity contribution in [2.75, 3.05) is 92.0 Å². The van der Waals surface area contributed by atoms with Crippen LogP contribution in [-0.4, -0.2) is 132 Å². The van der Waals surface area contributed by atoms with Gasteiger partial charge in [-0.15, -0.1) is 0 Å². The second-order valence-electron chi connectivity index (χ2n) is 17.7. The van der Waals surface area contributed by atoms with Crippen LogP contribution in [0.25, 0.3) is 4.85 Å². The molecule has 2 N–H and O–H groups in total. The molecule has 1 unspecified atom stereocenters. The van der Waals surface area contributed by atoms with Gasteiger partial charge in [0.25, 0.3) is 5.91 Å². The first-order valence-corrected chi connectivity index (χ1v) is 22.1. The normalized spacial score (nSPS) is 22.2. The van der Waals surface area contributed by atoms with Gasteiger partial charge in [0.15, 0.2) is 5.69 Å². The number of carbonyl (C=O) groups is 4. The molecule has 1 aromatic carbocycles. The first-order valence-electron chi connectivity index (χ1n) is 22.1. The lowest BCUT2D eigenvalue weighted by molar-refractivity contribution is -0.138. The van der Waals surface area contributed by atoms with E-state index in [1.165, 1.54) is 18.6 Å². The summed E-state index contributed by atoms with van der Waals surface area (Å²) in [4.78, 5) is 75.8. The molecule has 63 heavy (non-hydrogen) atoms. The molecule has 3 aromatic rings. The Bertz CT molecular complexity index is 2260. The molecule has 18 heteroatoms. The summed E-state index contributed by atoms with van der Waals surface area (Å²) in [6, 6.07) is 11.3. The predicted molar refractivity (Wildman–Crippen MR) is 229 cm³/mol. The summed E-state index contributed by atoms with van der Waals surface area (Å²) in [5, 5.41) is 5.28. The van der Waals surface area contributed by atoms with Crippen LogP contribution < -0.4 is 25.3 Å². The number of alkyl halides is 3. The second-order valence-corrected chi connectivity index (χ2v) is 17.7. The molecule has 5 saturated heterocycles. The summed E-state index contributed by atoms with van der Waals surface area (Å²) in [6.07, 6.45) is 2.20. The molecule has 6 aliphatic rings. The molecule has 6 aliphatic heterocycles. The van der Waals surface area contributed by atoms with Crippen LogP contribution in [0.4, 0.5) is 41.9 Å². The van der Waals surface area contributed by atoms with E-state index in [1.54, 1.807) is 4.90 Å². The van der Waals surface area contributed by atoms with Gasteiger partial charge < -0.3 is 29.8 Å². The van der Waals surface area contributed by atoms with E-state index in [9.17, 15) is 32.3 Å². The van der Waals surface area contributed by atoms with Gasteiger partial charge in [-0.1, -0.05) is 6.07 Å². The average molecular weight is 868 g/mol. The largest absolute Gasteiger partial charge is 0.407 e. The first-order chi connectivity index (χ1) is 30.4. The predicted octanol–water partition coefficient (Wildman–Crippen LogP) is 4.78. The zero-order valence-electron chi connectivity index (χ0n) is 35.2. The highest BCUT2D eigenvalue weighted by Crippen LogP contribution is 2.39. The molecule has 0 radical (unpaired) electrons. The van der Waals surface area contributed by atoms with Crippen molar-refractivity contribution >= 4 is 52.3 Å². The molecule has 0 saturated carbocycles. The number of nitrogens with zero attached hydrogens (tertiary/aromatic N) is 9. The van der Waals surface area contributed by atoms with Crippen LogP contribution in [0, 0.1) is 18.4 Å². The Balaban J connectivity index is 0.655. The molecule has 332 valence electrons. The number of imide groups is 1. The van der Waals surface area contributed by atoms with E-state index in [0.717, 1.165) is 89.3 Å². The van der Waals surface area contributed by atoms with E-state index in [2.05, 4.69) is 40.1 Å². The van der Waals surface area contributed by atoms with Crippen LogP contribution in [0.3, 0.4) is 0 Å². The fourth-order valence-electron chi connectivity index (χ4n) is 10.0. The Morgan fingerprint density at radius 3 is 2.25 bits per heavy atom. The number of pyridine rings is 2. The second kappa shape index (κ2) is 17.8. The Morgan fingerprint density at radius 2 is 1.57 bits per heavy atom. The first kappa shape index (κ1) is 42.5. The third-order valence-electron chi connectivity index (χ3n) is 13.9. The maximum atomic E-state index is 13.5. The van der Waals surface area contributed by atoms with Crippen LogP contribution >= 0.6 is 0 Å². The molecule has 8 heterocycles. The number of fused-ring (bicyclic) bond motifs is 1. The summed E-state index contributed by atoms with van der Waals surface area (Å²) < 4.78 is 40.5. The van der Waals surface area contributed by atoms with Crippen LogP contribution in [-0.2, 0) is 27.1 Å². The molecule has 0 aliphatic carbocycles. The number of amides is 4. The SMILES string of the molecule is [C-]#[N+]c1ccc(N2CCC(C(=O)Nc3ccc(N4CCC(CCN5CC(N6CCN(c7ccc8c(n7)CN(C7CCC(=O)NC7=O)C8=O)CC6)C5)CC4)cn3)CC2)cc1C(F)(F)F. The number of piperidine rings is 3. The van der Waals surface area contributed by atoms with Crippen LogP contribution in [0.15, 0.2) is 48.7 Å². The number of hydrogen-bond donors (Lipinski definition) is 2. The fraction of sp³-hybridized carbons (Fsp3) is 0.533. The number of piperazine rings is 1. The molecular formula is C45H52F3N11O4. The topological polar surface area (TPSA) is 142 Å². The third-order valence-corrected chi connectivity index (χ3v) is 13.9. The minimum Gasteiger partial charge on any atom is -0.372 e. The number of rotatable bonds is 10. The molecule has 4 amide bonds. The van der Waals surface area contributed by atoms with E-state index in [1.807, 2.05) is 35.4 Å². The molecule has 15 nitrogen and oxygen atoms in total. The van der Waals surface area contributed by atoms with Crippen LogP contribution in [0.1, 0.15) is 66.6 Å². The van der Waals surface area contributed by atoms with Gasteiger partial charge in [0, 0.05) is 89.5 Å². The Kier molecular flexibility index (Phi) is 12.0. The van der Waals surface area contributed by atoms with Crippen molar-refractivity contribution in [1.82, 2.24) is 30.0 Å². The van der Waals surface area contributed by atoms with E-state index in [4.69, 9.17) is 11.6 Å². The number of anilines is 4. The monoisotopic (exact) mass is 867 g/mol. The van der Waals surface area contributed by atoms with E-state index in [-0.39, 0.29) is 36.6 Å². The van der Waals surface area contributed by atoms with Crippen LogP contribution in [0.5, 0.6) is 0 Å². The number of nitrogens with one attached hydrogen (secondary N) is 2. The number of benzene rings is 1. The summed E-state index contributed by atoms with van der Waals surface area (Å²) >= 11 is 0. The molecule has 9 rings (SSSR count). The molecular weight excluding hydrogens is 816 g/mol.